The Balaban J connectivity index is 1.85. The lowest BCUT2D eigenvalue weighted by Gasteiger charge is -2.40. The van der Waals surface area contributed by atoms with E-state index in [1.165, 1.54) is 6.20 Å². The molecule has 4 rings (SSSR count). The molecule has 1 aliphatic carbocycles. The van der Waals surface area contributed by atoms with E-state index >= 15 is 0 Å². The summed E-state index contributed by atoms with van der Waals surface area (Å²) in [6, 6.07) is 3.67. The van der Waals surface area contributed by atoms with E-state index in [0.29, 0.717) is 11.4 Å². The normalized spacial score (nSPS) is 26.2. The van der Waals surface area contributed by atoms with Crippen LogP contribution < -0.4 is 10.8 Å². The fraction of sp³-hybridized carbons (Fsp3) is 0.333. The highest BCUT2D eigenvalue weighted by Gasteiger charge is 2.31. The Hall–Kier alpha value is -1.88. The SMILES string of the molecule is NC(=O)c1ccc(N2OC3C=CC2CC3)nc1. The highest BCUT2D eigenvalue weighted by atomic mass is 16.7. The number of pyridine rings is 1. The number of anilines is 1. The van der Waals surface area contributed by atoms with Crippen molar-refractivity contribution < 1.29 is 9.63 Å². The van der Waals surface area contributed by atoms with Gasteiger partial charge in [0.05, 0.1) is 11.6 Å². The fourth-order valence-corrected chi connectivity index (χ4v) is 2.17. The quantitative estimate of drug-likeness (QED) is 0.771. The predicted octanol–water partition coefficient (Wildman–Crippen LogP) is 1.02. The number of hydrogen-bond donors (Lipinski definition) is 1. The molecule has 5 nitrogen and oxygen atoms in total. The summed E-state index contributed by atoms with van der Waals surface area (Å²) in [5.74, 6) is 0.249. The molecule has 1 aromatic heterocycles. The first-order valence-corrected chi connectivity index (χ1v) is 5.64. The van der Waals surface area contributed by atoms with E-state index in [0.717, 1.165) is 12.8 Å². The summed E-state index contributed by atoms with van der Waals surface area (Å²) in [6.45, 7) is 0. The molecule has 3 aliphatic rings. The van der Waals surface area contributed by atoms with E-state index in [-0.39, 0.29) is 12.1 Å². The van der Waals surface area contributed by atoms with Gasteiger partial charge in [-0.25, -0.2) is 10.0 Å². The first-order chi connectivity index (χ1) is 8.24. The van der Waals surface area contributed by atoms with Crippen molar-refractivity contribution in [3.8, 4) is 0 Å². The standard InChI is InChI=1S/C12H13N3O2/c13-12(16)8-1-6-11(14-7-8)15-9-2-4-10(17-15)5-3-9/h1-2,4,6-7,9-10H,3,5H2,(H2,13,16). The van der Waals surface area contributed by atoms with Gasteiger partial charge in [-0.15, -0.1) is 0 Å². The topological polar surface area (TPSA) is 68.5 Å². The molecular formula is C12H13N3O2. The van der Waals surface area contributed by atoms with Crippen molar-refractivity contribution in [3.05, 3.63) is 36.0 Å². The van der Waals surface area contributed by atoms with Crippen LogP contribution in [0.4, 0.5) is 5.82 Å². The fourth-order valence-electron chi connectivity index (χ4n) is 2.17. The largest absolute Gasteiger partial charge is 0.366 e. The lowest BCUT2D eigenvalue weighted by molar-refractivity contribution is 0.00214. The highest BCUT2D eigenvalue weighted by molar-refractivity contribution is 5.92. The van der Waals surface area contributed by atoms with Crippen LogP contribution in [0.15, 0.2) is 30.5 Å². The van der Waals surface area contributed by atoms with Gasteiger partial charge in [0.2, 0.25) is 5.91 Å². The summed E-state index contributed by atoms with van der Waals surface area (Å²) < 4.78 is 0. The number of amides is 1. The number of hydroxylamine groups is 1. The number of carbonyl (C=O) groups excluding carboxylic acids is 1. The number of primary amides is 1. The summed E-state index contributed by atoms with van der Waals surface area (Å²) >= 11 is 0. The second kappa shape index (κ2) is 3.85. The third kappa shape index (κ3) is 1.78. The van der Waals surface area contributed by atoms with Crippen molar-refractivity contribution in [2.45, 2.75) is 25.0 Å². The smallest absolute Gasteiger partial charge is 0.250 e. The minimum Gasteiger partial charge on any atom is -0.366 e. The average Bonchev–Trinajstić information content (AvgIpc) is 2.40. The zero-order valence-corrected chi connectivity index (χ0v) is 9.24. The summed E-state index contributed by atoms with van der Waals surface area (Å²) in [4.78, 5) is 20.9. The maximum absolute atomic E-state index is 10.9. The number of aromatic nitrogens is 1. The number of hydrogen-bond acceptors (Lipinski definition) is 4. The Kier molecular flexibility index (Phi) is 2.33. The van der Waals surface area contributed by atoms with Crippen LogP contribution in [0.1, 0.15) is 23.2 Å². The van der Waals surface area contributed by atoms with Crippen LogP contribution in [0.2, 0.25) is 0 Å². The zero-order valence-electron chi connectivity index (χ0n) is 9.24. The van der Waals surface area contributed by atoms with E-state index in [1.54, 1.807) is 17.2 Å². The predicted molar refractivity (Wildman–Crippen MR) is 62.3 cm³/mol. The van der Waals surface area contributed by atoms with E-state index in [4.69, 9.17) is 10.6 Å². The molecule has 2 N–H and O–H groups in total. The maximum atomic E-state index is 10.9. The van der Waals surface area contributed by atoms with Gasteiger partial charge in [-0.1, -0.05) is 12.2 Å². The van der Waals surface area contributed by atoms with Crippen LogP contribution in [-0.4, -0.2) is 23.0 Å². The third-order valence-corrected chi connectivity index (χ3v) is 3.10. The molecule has 0 spiro atoms. The van der Waals surface area contributed by atoms with Gasteiger partial charge in [0, 0.05) is 6.20 Å². The number of rotatable bonds is 2. The van der Waals surface area contributed by atoms with Crippen molar-refractivity contribution in [3.63, 3.8) is 0 Å². The molecule has 2 atom stereocenters. The molecule has 88 valence electrons. The van der Waals surface area contributed by atoms with E-state index in [2.05, 4.69) is 17.1 Å². The van der Waals surface area contributed by atoms with Gasteiger partial charge in [0.15, 0.2) is 5.82 Å². The minimum atomic E-state index is -0.468. The summed E-state index contributed by atoms with van der Waals surface area (Å²) in [5.41, 5.74) is 5.58. The maximum Gasteiger partial charge on any atom is 0.250 e. The molecule has 5 heteroatoms. The Morgan fingerprint density at radius 1 is 1.41 bits per heavy atom. The Labute approximate surface area is 98.8 Å². The molecule has 1 fully saturated rings. The van der Waals surface area contributed by atoms with Crippen LogP contribution in [0.5, 0.6) is 0 Å². The van der Waals surface area contributed by atoms with E-state index < -0.39 is 5.91 Å². The number of carbonyl (C=O) groups is 1. The molecule has 2 unspecified atom stereocenters. The number of nitrogens with two attached hydrogens (primary N) is 1. The third-order valence-electron chi connectivity index (χ3n) is 3.10. The average molecular weight is 231 g/mol. The van der Waals surface area contributed by atoms with Gasteiger partial charge in [0.25, 0.3) is 0 Å². The molecule has 1 amide bonds. The summed E-state index contributed by atoms with van der Waals surface area (Å²) in [5, 5.41) is 1.80. The molecule has 0 radical (unpaired) electrons. The lowest BCUT2D eigenvalue weighted by atomic mass is 9.98. The second-order valence-corrected chi connectivity index (χ2v) is 4.27. The highest BCUT2D eigenvalue weighted by Crippen LogP contribution is 2.30. The van der Waals surface area contributed by atoms with Gasteiger partial charge < -0.3 is 5.73 Å². The van der Waals surface area contributed by atoms with Crippen LogP contribution in [0.25, 0.3) is 0 Å². The Morgan fingerprint density at radius 3 is 2.76 bits per heavy atom. The van der Waals surface area contributed by atoms with Crippen molar-refractivity contribution in [2.24, 2.45) is 5.73 Å². The molecule has 17 heavy (non-hydrogen) atoms. The second-order valence-electron chi connectivity index (χ2n) is 4.27. The van der Waals surface area contributed by atoms with Crippen molar-refractivity contribution in [1.29, 1.82) is 0 Å². The monoisotopic (exact) mass is 231 g/mol. The Bertz CT molecular complexity index is 469. The van der Waals surface area contributed by atoms with Crippen molar-refractivity contribution >= 4 is 11.7 Å². The molecule has 0 aromatic carbocycles. The van der Waals surface area contributed by atoms with Crippen molar-refractivity contribution in [1.82, 2.24) is 4.98 Å². The van der Waals surface area contributed by atoms with Gasteiger partial charge in [-0.05, 0) is 25.0 Å². The minimum absolute atomic E-state index is 0.151. The van der Waals surface area contributed by atoms with Gasteiger partial charge in [0.1, 0.15) is 6.10 Å². The molecule has 2 aliphatic heterocycles. The van der Waals surface area contributed by atoms with Crippen LogP contribution in [-0.2, 0) is 4.84 Å². The summed E-state index contributed by atoms with van der Waals surface area (Å²) in [6.07, 6.45) is 7.98. The number of nitrogens with zero attached hydrogens (tertiary/aromatic N) is 2. The van der Waals surface area contributed by atoms with Gasteiger partial charge >= 0.3 is 0 Å². The molecule has 3 heterocycles. The van der Waals surface area contributed by atoms with Gasteiger partial charge in [-0.2, -0.15) is 0 Å². The van der Waals surface area contributed by atoms with Crippen LogP contribution in [0, 0.1) is 0 Å². The van der Waals surface area contributed by atoms with E-state index in [1.807, 2.05) is 0 Å². The molecular weight excluding hydrogens is 218 g/mol. The molecule has 2 bridgehead atoms. The first-order valence-electron chi connectivity index (χ1n) is 5.64. The first kappa shape index (κ1) is 10.3. The van der Waals surface area contributed by atoms with Crippen LogP contribution >= 0.6 is 0 Å². The summed E-state index contributed by atoms with van der Waals surface area (Å²) in [7, 11) is 0. The van der Waals surface area contributed by atoms with Gasteiger partial charge in [-0.3, -0.25) is 9.63 Å². The zero-order chi connectivity index (χ0) is 11.8. The number of fused-ring (bicyclic) bond motifs is 2. The molecule has 1 aromatic rings. The molecule has 1 saturated heterocycles. The van der Waals surface area contributed by atoms with Crippen LogP contribution in [0.3, 0.4) is 0 Å². The van der Waals surface area contributed by atoms with E-state index in [9.17, 15) is 4.79 Å². The lowest BCUT2D eigenvalue weighted by Crippen LogP contribution is -2.46. The Morgan fingerprint density at radius 2 is 2.29 bits per heavy atom. The molecule has 0 saturated carbocycles. The van der Waals surface area contributed by atoms with Crippen molar-refractivity contribution in [2.75, 3.05) is 5.06 Å².